The molecule has 2 aliphatic rings. The van der Waals surface area contributed by atoms with E-state index in [4.69, 9.17) is 11.6 Å². The first kappa shape index (κ1) is 17.1. The molecule has 128 valence electrons. The van der Waals surface area contributed by atoms with Gasteiger partial charge in [-0.25, -0.2) is 0 Å². The van der Waals surface area contributed by atoms with Crippen molar-refractivity contribution >= 4 is 29.0 Å². The number of nitrogens with zero attached hydrogens (tertiary/aromatic N) is 5. The molecule has 6 nitrogen and oxygen atoms in total. The molecule has 0 radical (unpaired) electrons. The second-order valence-electron chi connectivity index (χ2n) is 6.48. The highest BCUT2D eigenvalue weighted by Crippen LogP contribution is 2.20. The van der Waals surface area contributed by atoms with E-state index in [-0.39, 0.29) is 5.91 Å². The molecule has 3 heterocycles. The average molecular weight is 358 g/mol. The van der Waals surface area contributed by atoms with E-state index >= 15 is 0 Å². The van der Waals surface area contributed by atoms with Crippen LogP contribution in [0.15, 0.2) is 0 Å². The van der Waals surface area contributed by atoms with Crippen molar-refractivity contribution in [3.8, 4) is 0 Å². The minimum atomic E-state index is 0.289. The molecule has 0 aliphatic carbocycles. The van der Waals surface area contributed by atoms with Gasteiger partial charge in [0.05, 0.1) is 6.54 Å². The van der Waals surface area contributed by atoms with E-state index in [1.165, 1.54) is 18.0 Å². The maximum absolute atomic E-state index is 12.5. The van der Waals surface area contributed by atoms with E-state index < -0.39 is 0 Å². The lowest BCUT2D eigenvalue weighted by Gasteiger charge is -2.37. The minimum absolute atomic E-state index is 0.289. The van der Waals surface area contributed by atoms with Crippen LogP contribution in [0, 0.1) is 0 Å². The Kier molecular flexibility index (Phi) is 5.85. The van der Waals surface area contributed by atoms with Crippen LogP contribution >= 0.6 is 23.1 Å². The normalized spacial score (nSPS) is 24.1. The highest BCUT2D eigenvalue weighted by atomic mass is 35.5. The van der Waals surface area contributed by atoms with Gasteiger partial charge in [0.25, 0.3) is 0 Å². The summed E-state index contributed by atoms with van der Waals surface area (Å²) in [6, 6.07) is 0.400. The predicted molar refractivity (Wildman–Crippen MR) is 91.7 cm³/mol. The number of piperazine rings is 1. The second-order valence-corrected chi connectivity index (χ2v) is 7.83. The van der Waals surface area contributed by atoms with Gasteiger partial charge in [0.2, 0.25) is 5.91 Å². The standard InChI is InChI=1S/C15H24ClN5OS/c1-12-4-2-3-5-21(12)14(22)11-20-8-6-19(7-9-20)10-13-15(16)23-18-17-13/h12H,2-11H2,1H3. The molecule has 1 amide bonds. The number of rotatable bonds is 4. The molecular formula is C15H24ClN5OS. The molecule has 8 heteroatoms. The van der Waals surface area contributed by atoms with Gasteiger partial charge in [-0.3, -0.25) is 14.6 Å². The van der Waals surface area contributed by atoms with Gasteiger partial charge in [-0.2, -0.15) is 0 Å². The van der Waals surface area contributed by atoms with Crippen LogP contribution in [0.25, 0.3) is 0 Å². The van der Waals surface area contributed by atoms with Crippen molar-refractivity contribution in [3.63, 3.8) is 0 Å². The summed E-state index contributed by atoms with van der Waals surface area (Å²) in [7, 11) is 0. The van der Waals surface area contributed by atoms with E-state index in [2.05, 4.69) is 31.2 Å². The molecule has 1 aromatic heterocycles. The van der Waals surface area contributed by atoms with Gasteiger partial charge < -0.3 is 4.90 Å². The van der Waals surface area contributed by atoms with Crippen molar-refractivity contribution < 1.29 is 4.79 Å². The first-order valence-electron chi connectivity index (χ1n) is 8.34. The number of halogens is 1. The summed E-state index contributed by atoms with van der Waals surface area (Å²) in [5, 5.41) is 4.07. The monoisotopic (exact) mass is 357 g/mol. The number of piperidine rings is 1. The zero-order chi connectivity index (χ0) is 16.2. The van der Waals surface area contributed by atoms with E-state index in [1.54, 1.807) is 0 Å². The van der Waals surface area contributed by atoms with Crippen LogP contribution in [0.5, 0.6) is 0 Å². The summed E-state index contributed by atoms with van der Waals surface area (Å²) >= 11 is 7.30. The number of hydrogen-bond donors (Lipinski definition) is 0. The van der Waals surface area contributed by atoms with Crippen molar-refractivity contribution in [2.45, 2.75) is 38.8 Å². The summed E-state index contributed by atoms with van der Waals surface area (Å²) in [5.74, 6) is 0.289. The number of carbonyl (C=O) groups is 1. The molecule has 0 bridgehead atoms. The number of carbonyl (C=O) groups excluding carboxylic acids is 1. The lowest BCUT2D eigenvalue weighted by Crippen LogP contribution is -2.51. The predicted octanol–water partition coefficient (Wildman–Crippen LogP) is 1.71. The molecule has 3 rings (SSSR count). The Bertz CT molecular complexity index is 532. The molecule has 0 spiro atoms. The Morgan fingerprint density at radius 3 is 2.61 bits per heavy atom. The number of likely N-dealkylation sites (tertiary alicyclic amines) is 1. The molecule has 1 unspecified atom stereocenters. The summed E-state index contributed by atoms with van der Waals surface area (Å²) in [6.45, 7) is 8.12. The van der Waals surface area contributed by atoms with Gasteiger partial charge in [-0.05, 0) is 26.2 Å². The van der Waals surface area contributed by atoms with E-state index in [0.717, 1.165) is 57.8 Å². The van der Waals surface area contributed by atoms with Crippen molar-refractivity contribution in [2.24, 2.45) is 0 Å². The maximum atomic E-state index is 12.5. The van der Waals surface area contributed by atoms with Crippen molar-refractivity contribution in [3.05, 3.63) is 10.0 Å². The highest BCUT2D eigenvalue weighted by Gasteiger charge is 2.26. The third-order valence-electron chi connectivity index (χ3n) is 4.83. The van der Waals surface area contributed by atoms with Crippen molar-refractivity contribution in [2.75, 3.05) is 39.3 Å². The van der Waals surface area contributed by atoms with Gasteiger partial charge in [0.15, 0.2) is 0 Å². The first-order chi connectivity index (χ1) is 11.1. The Hall–Kier alpha value is -0.760. The number of hydrogen-bond acceptors (Lipinski definition) is 6. The second kappa shape index (κ2) is 7.88. The summed E-state index contributed by atoms with van der Waals surface area (Å²) < 4.78 is 4.55. The molecule has 1 aromatic rings. The fourth-order valence-corrected chi connectivity index (χ4v) is 3.97. The van der Waals surface area contributed by atoms with Crippen LogP contribution in [0.4, 0.5) is 0 Å². The molecule has 2 aliphatic heterocycles. The van der Waals surface area contributed by atoms with E-state index in [1.807, 2.05) is 0 Å². The van der Waals surface area contributed by atoms with E-state index in [0.29, 0.717) is 16.9 Å². The lowest BCUT2D eigenvalue weighted by atomic mass is 10.0. The van der Waals surface area contributed by atoms with Gasteiger partial charge in [-0.15, -0.1) is 5.10 Å². The number of amides is 1. The molecule has 23 heavy (non-hydrogen) atoms. The van der Waals surface area contributed by atoms with Crippen LogP contribution in [0.3, 0.4) is 0 Å². The Labute approximate surface area is 146 Å². The molecule has 0 N–H and O–H groups in total. The highest BCUT2D eigenvalue weighted by molar-refractivity contribution is 7.10. The zero-order valence-corrected chi connectivity index (χ0v) is 15.2. The Morgan fingerprint density at radius 2 is 1.96 bits per heavy atom. The Morgan fingerprint density at radius 1 is 1.22 bits per heavy atom. The summed E-state index contributed by atoms with van der Waals surface area (Å²) in [5.41, 5.74) is 0.864. The lowest BCUT2D eigenvalue weighted by molar-refractivity contribution is -0.136. The van der Waals surface area contributed by atoms with Gasteiger partial charge >= 0.3 is 0 Å². The fourth-order valence-electron chi connectivity index (χ4n) is 3.36. The molecule has 2 fully saturated rings. The topological polar surface area (TPSA) is 52.6 Å². The summed E-state index contributed by atoms with van der Waals surface area (Å²) in [6.07, 6.45) is 3.53. The van der Waals surface area contributed by atoms with Gasteiger partial charge in [0.1, 0.15) is 10.0 Å². The SMILES string of the molecule is CC1CCCCN1C(=O)CN1CCN(Cc2nnsc2Cl)CC1. The Balaban J connectivity index is 1.44. The van der Waals surface area contributed by atoms with Crippen LogP contribution in [-0.4, -0.2) is 75.5 Å². The smallest absolute Gasteiger partial charge is 0.236 e. The third-order valence-corrected chi connectivity index (χ3v) is 5.81. The van der Waals surface area contributed by atoms with Crippen LogP contribution in [0.1, 0.15) is 31.9 Å². The van der Waals surface area contributed by atoms with Crippen molar-refractivity contribution in [1.82, 2.24) is 24.3 Å². The van der Waals surface area contributed by atoms with Crippen LogP contribution < -0.4 is 0 Å². The van der Waals surface area contributed by atoms with Crippen LogP contribution in [0.2, 0.25) is 4.34 Å². The van der Waals surface area contributed by atoms with Gasteiger partial charge in [0, 0.05) is 56.8 Å². The molecule has 1 atom stereocenters. The average Bonchev–Trinajstić information content (AvgIpc) is 2.95. The zero-order valence-electron chi connectivity index (χ0n) is 13.6. The van der Waals surface area contributed by atoms with E-state index in [9.17, 15) is 4.79 Å². The fraction of sp³-hybridized carbons (Fsp3) is 0.800. The van der Waals surface area contributed by atoms with Gasteiger partial charge in [-0.1, -0.05) is 16.1 Å². The summed E-state index contributed by atoms with van der Waals surface area (Å²) in [4.78, 5) is 19.2. The van der Waals surface area contributed by atoms with Crippen molar-refractivity contribution in [1.29, 1.82) is 0 Å². The largest absolute Gasteiger partial charge is 0.339 e. The molecule has 0 aromatic carbocycles. The third kappa shape index (κ3) is 4.41. The first-order valence-corrected chi connectivity index (χ1v) is 9.49. The molecule has 2 saturated heterocycles. The molecular weight excluding hydrogens is 334 g/mol. The maximum Gasteiger partial charge on any atom is 0.236 e. The number of aromatic nitrogens is 2. The minimum Gasteiger partial charge on any atom is -0.339 e. The van der Waals surface area contributed by atoms with Crippen LogP contribution in [-0.2, 0) is 11.3 Å². The quantitative estimate of drug-likeness (QED) is 0.821. The molecule has 0 saturated carbocycles.